The number of hydrazone groups is 1. The number of methoxy groups -OCH3 is 1. The number of hydrogen-bond donors (Lipinski definition) is 2. The Bertz CT molecular complexity index is 884. The number of amides is 2. The van der Waals surface area contributed by atoms with Gasteiger partial charge in [0, 0.05) is 5.71 Å². The lowest BCUT2D eigenvalue weighted by molar-refractivity contribution is -0.123. The van der Waals surface area contributed by atoms with Crippen molar-refractivity contribution >= 4 is 39.1 Å². The fourth-order valence-corrected chi connectivity index (χ4v) is 2.88. The monoisotopic (exact) mass is 447 g/mol. The smallest absolute Gasteiger partial charge is 0.277 e. The van der Waals surface area contributed by atoms with Crippen LogP contribution in [0.4, 0.5) is 5.69 Å². The van der Waals surface area contributed by atoms with Crippen LogP contribution in [0.25, 0.3) is 0 Å². The number of aryl methyl sites for hydroxylation is 1. The number of nitrogens with zero attached hydrogens (tertiary/aromatic N) is 1. The minimum atomic E-state index is -0.419. The van der Waals surface area contributed by atoms with E-state index in [1.54, 1.807) is 31.2 Å². The van der Waals surface area contributed by atoms with Crippen LogP contribution in [0.2, 0.25) is 0 Å². The molecule has 0 fully saturated rings. The van der Waals surface area contributed by atoms with Gasteiger partial charge in [0.1, 0.15) is 11.5 Å². The van der Waals surface area contributed by atoms with Crippen molar-refractivity contribution in [1.82, 2.24) is 5.43 Å². The molecule has 0 aromatic heterocycles. The molecule has 0 saturated heterocycles. The molecule has 0 aliphatic carbocycles. The van der Waals surface area contributed by atoms with Gasteiger partial charge in [0.15, 0.2) is 6.61 Å². The van der Waals surface area contributed by atoms with E-state index in [0.717, 1.165) is 10.0 Å². The summed E-state index contributed by atoms with van der Waals surface area (Å²) in [6.45, 7) is 3.42. The summed E-state index contributed by atoms with van der Waals surface area (Å²) >= 11 is 3.39. The van der Waals surface area contributed by atoms with Gasteiger partial charge in [-0.3, -0.25) is 9.59 Å². The molecule has 0 bridgehead atoms. The second-order valence-electron chi connectivity index (χ2n) is 6.03. The Morgan fingerprint density at radius 1 is 1.11 bits per heavy atom. The van der Waals surface area contributed by atoms with Gasteiger partial charge in [0.05, 0.1) is 23.7 Å². The van der Waals surface area contributed by atoms with Crippen molar-refractivity contribution in [3.63, 3.8) is 0 Å². The van der Waals surface area contributed by atoms with Crippen molar-refractivity contribution in [2.24, 2.45) is 5.10 Å². The molecule has 148 valence electrons. The molecule has 8 heteroatoms. The first-order chi connectivity index (χ1) is 13.4. The van der Waals surface area contributed by atoms with Crippen LogP contribution in [0.3, 0.4) is 0 Å². The first-order valence-corrected chi connectivity index (χ1v) is 9.32. The number of nitrogens with one attached hydrogen (secondary N) is 2. The molecule has 0 heterocycles. The molecular formula is C20H22BrN3O4. The fourth-order valence-electron chi connectivity index (χ4n) is 2.27. The zero-order valence-corrected chi connectivity index (χ0v) is 17.5. The number of para-hydroxylation sites is 2. The largest absolute Gasteiger partial charge is 0.495 e. The topological polar surface area (TPSA) is 89.0 Å². The predicted octanol–water partition coefficient (Wildman–Crippen LogP) is 3.67. The molecule has 2 aromatic carbocycles. The maximum atomic E-state index is 12.1. The van der Waals surface area contributed by atoms with Gasteiger partial charge in [0.25, 0.3) is 5.91 Å². The number of halogens is 1. The van der Waals surface area contributed by atoms with Crippen LogP contribution in [-0.4, -0.2) is 31.2 Å². The number of anilines is 1. The zero-order valence-electron chi connectivity index (χ0n) is 15.9. The molecule has 2 amide bonds. The highest BCUT2D eigenvalue weighted by atomic mass is 79.9. The lowest BCUT2D eigenvalue weighted by atomic mass is 10.2. The maximum Gasteiger partial charge on any atom is 0.277 e. The summed E-state index contributed by atoms with van der Waals surface area (Å²) < 4.78 is 11.4. The van der Waals surface area contributed by atoms with Crippen molar-refractivity contribution in [1.29, 1.82) is 0 Å². The lowest BCUT2D eigenvalue weighted by Gasteiger charge is -2.10. The molecule has 2 rings (SSSR count). The third-order valence-corrected chi connectivity index (χ3v) is 4.23. The molecule has 0 atom stereocenters. The number of carbonyl (C=O) groups excluding carboxylic acids is 2. The van der Waals surface area contributed by atoms with E-state index in [4.69, 9.17) is 9.47 Å². The summed E-state index contributed by atoms with van der Waals surface area (Å²) in [4.78, 5) is 24.0. The Balaban J connectivity index is 1.81. The van der Waals surface area contributed by atoms with Crippen molar-refractivity contribution in [3.05, 3.63) is 52.5 Å². The van der Waals surface area contributed by atoms with Gasteiger partial charge < -0.3 is 14.8 Å². The van der Waals surface area contributed by atoms with Gasteiger partial charge >= 0.3 is 0 Å². The summed E-state index contributed by atoms with van der Waals surface area (Å²) in [5, 5.41) is 6.68. The van der Waals surface area contributed by atoms with Crippen LogP contribution < -0.4 is 20.2 Å². The standard InChI is InChI=1S/C20H22BrN3O4/c1-13-8-9-17(15(21)10-13)28-12-20(26)24-23-14(2)11-19(25)22-16-6-4-5-7-18(16)27-3/h4-10H,11-12H2,1-3H3,(H,22,25)(H,24,26)/b23-14-. The quantitative estimate of drug-likeness (QED) is 0.477. The van der Waals surface area contributed by atoms with Crippen molar-refractivity contribution in [2.75, 3.05) is 19.0 Å². The molecule has 7 nitrogen and oxygen atoms in total. The van der Waals surface area contributed by atoms with E-state index in [0.29, 0.717) is 22.9 Å². The summed E-state index contributed by atoms with van der Waals surface area (Å²) in [6.07, 6.45) is 0.0305. The molecule has 0 aliphatic heterocycles. The Labute approximate surface area is 172 Å². The van der Waals surface area contributed by atoms with Crippen LogP contribution in [0.15, 0.2) is 52.0 Å². The van der Waals surface area contributed by atoms with E-state index in [1.165, 1.54) is 7.11 Å². The third-order valence-electron chi connectivity index (χ3n) is 3.62. The Kier molecular flexibility index (Phi) is 8.01. The Morgan fingerprint density at radius 2 is 1.86 bits per heavy atom. The fraction of sp³-hybridized carbons (Fsp3) is 0.250. The molecule has 28 heavy (non-hydrogen) atoms. The third kappa shape index (κ3) is 6.70. The van der Waals surface area contributed by atoms with E-state index < -0.39 is 5.91 Å². The average molecular weight is 448 g/mol. The van der Waals surface area contributed by atoms with Gasteiger partial charge in [-0.15, -0.1) is 0 Å². The number of benzene rings is 2. The molecule has 2 N–H and O–H groups in total. The maximum absolute atomic E-state index is 12.1. The molecular weight excluding hydrogens is 426 g/mol. The highest BCUT2D eigenvalue weighted by Crippen LogP contribution is 2.25. The first kappa shape index (κ1) is 21.4. The summed E-state index contributed by atoms with van der Waals surface area (Å²) in [5.74, 6) is 0.451. The second kappa shape index (κ2) is 10.5. The van der Waals surface area contributed by atoms with E-state index in [1.807, 2.05) is 25.1 Å². The predicted molar refractivity (Wildman–Crippen MR) is 112 cm³/mol. The van der Waals surface area contributed by atoms with Crippen LogP contribution in [0.1, 0.15) is 18.9 Å². The second-order valence-corrected chi connectivity index (χ2v) is 6.88. The molecule has 0 radical (unpaired) electrons. The number of carbonyl (C=O) groups is 2. The summed E-state index contributed by atoms with van der Waals surface area (Å²) in [6, 6.07) is 12.7. The van der Waals surface area contributed by atoms with Crippen LogP contribution in [0, 0.1) is 6.92 Å². The average Bonchev–Trinajstić information content (AvgIpc) is 2.66. The van der Waals surface area contributed by atoms with E-state index in [2.05, 4.69) is 31.8 Å². The zero-order chi connectivity index (χ0) is 20.5. The van der Waals surface area contributed by atoms with E-state index in [-0.39, 0.29) is 18.9 Å². The van der Waals surface area contributed by atoms with Gasteiger partial charge in [-0.2, -0.15) is 5.10 Å². The van der Waals surface area contributed by atoms with Gasteiger partial charge in [0.2, 0.25) is 5.91 Å². The summed E-state index contributed by atoms with van der Waals surface area (Å²) in [7, 11) is 1.53. The highest BCUT2D eigenvalue weighted by molar-refractivity contribution is 9.10. The minimum absolute atomic E-state index is 0.0305. The Morgan fingerprint density at radius 3 is 2.57 bits per heavy atom. The van der Waals surface area contributed by atoms with Crippen molar-refractivity contribution in [2.45, 2.75) is 20.3 Å². The van der Waals surface area contributed by atoms with E-state index >= 15 is 0 Å². The normalized spacial score (nSPS) is 10.9. The van der Waals surface area contributed by atoms with Crippen molar-refractivity contribution < 1.29 is 19.1 Å². The van der Waals surface area contributed by atoms with Crippen LogP contribution in [-0.2, 0) is 9.59 Å². The van der Waals surface area contributed by atoms with Gasteiger partial charge in [-0.1, -0.05) is 18.2 Å². The lowest BCUT2D eigenvalue weighted by Crippen LogP contribution is -2.26. The molecule has 0 spiro atoms. The number of hydrogen-bond acceptors (Lipinski definition) is 5. The number of rotatable bonds is 8. The minimum Gasteiger partial charge on any atom is -0.495 e. The van der Waals surface area contributed by atoms with Crippen LogP contribution >= 0.6 is 15.9 Å². The molecule has 0 saturated carbocycles. The first-order valence-electron chi connectivity index (χ1n) is 8.53. The van der Waals surface area contributed by atoms with Gasteiger partial charge in [-0.25, -0.2) is 5.43 Å². The molecule has 0 aliphatic rings. The highest BCUT2D eigenvalue weighted by Gasteiger charge is 2.09. The number of ether oxygens (including phenoxy) is 2. The summed E-state index contributed by atoms with van der Waals surface area (Å²) in [5.41, 5.74) is 4.49. The van der Waals surface area contributed by atoms with Crippen molar-refractivity contribution in [3.8, 4) is 11.5 Å². The molecule has 0 unspecified atom stereocenters. The van der Waals surface area contributed by atoms with Crippen LogP contribution in [0.5, 0.6) is 11.5 Å². The molecule has 2 aromatic rings. The SMILES string of the molecule is COc1ccccc1NC(=O)C/C(C)=N\NC(=O)COc1ccc(C)cc1Br. The van der Waals surface area contributed by atoms with Gasteiger partial charge in [-0.05, 0) is 59.6 Å². The van der Waals surface area contributed by atoms with E-state index in [9.17, 15) is 9.59 Å². The Hall–Kier alpha value is -2.87.